The second-order valence-corrected chi connectivity index (χ2v) is 7.25. The van der Waals surface area contributed by atoms with Gasteiger partial charge in [0.1, 0.15) is 0 Å². The van der Waals surface area contributed by atoms with Gasteiger partial charge in [0.2, 0.25) is 5.91 Å². The van der Waals surface area contributed by atoms with Gasteiger partial charge < -0.3 is 11.1 Å². The van der Waals surface area contributed by atoms with Crippen molar-refractivity contribution in [1.29, 1.82) is 0 Å². The Kier molecular flexibility index (Phi) is 6.41. The number of carbonyl (C=O) groups excluding carboxylic acids is 1. The van der Waals surface area contributed by atoms with Crippen LogP contribution in [0, 0.1) is 11.8 Å². The first-order valence-electron chi connectivity index (χ1n) is 7.97. The number of likely N-dealkylation sites (tertiary alicyclic amines) is 1. The van der Waals surface area contributed by atoms with E-state index < -0.39 is 0 Å². The van der Waals surface area contributed by atoms with Crippen molar-refractivity contribution < 1.29 is 4.79 Å². The number of benzene rings is 1. The third-order valence-electron chi connectivity index (χ3n) is 4.62. The smallest absolute Gasteiger partial charge is 0.234 e. The molecule has 0 aliphatic carbocycles. The van der Waals surface area contributed by atoms with Crippen LogP contribution in [0.3, 0.4) is 0 Å². The Morgan fingerprint density at radius 1 is 1.45 bits per heavy atom. The molecule has 0 aromatic heterocycles. The van der Waals surface area contributed by atoms with Crippen molar-refractivity contribution >= 4 is 21.8 Å². The van der Waals surface area contributed by atoms with E-state index in [4.69, 9.17) is 5.73 Å². The second kappa shape index (κ2) is 8.09. The van der Waals surface area contributed by atoms with Gasteiger partial charge >= 0.3 is 0 Å². The molecule has 3 unspecified atom stereocenters. The summed E-state index contributed by atoms with van der Waals surface area (Å²) in [5.41, 5.74) is 6.94. The summed E-state index contributed by atoms with van der Waals surface area (Å²) >= 11 is 3.42. The summed E-state index contributed by atoms with van der Waals surface area (Å²) in [7, 11) is 0. The van der Waals surface area contributed by atoms with Crippen LogP contribution in [-0.2, 0) is 4.79 Å². The van der Waals surface area contributed by atoms with Gasteiger partial charge in [-0.15, -0.1) is 0 Å². The lowest BCUT2D eigenvalue weighted by Crippen LogP contribution is -2.47. The van der Waals surface area contributed by atoms with E-state index >= 15 is 0 Å². The topological polar surface area (TPSA) is 58.4 Å². The summed E-state index contributed by atoms with van der Waals surface area (Å²) in [6.07, 6.45) is 1.12. The Morgan fingerprint density at radius 3 is 2.77 bits per heavy atom. The van der Waals surface area contributed by atoms with Gasteiger partial charge in [-0.25, -0.2) is 0 Å². The highest BCUT2D eigenvalue weighted by molar-refractivity contribution is 9.10. The molecule has 3 atom stereocenters. The third-order valence-corrected chi connectivity index (χ3v) is 5.14. The van der Waals surface area contributed by atoms with E-state index in [1.54, 1.807) is 0 Å². The molecule has 1 aromatic rings. The molecule has 2 rings (SSSR count). The molecular weight excluding hydrogens is 342 g/mol. The maximum absolute atomic E-state index is 12.2. The van der Waals surface area contributed by atoms with E-state index in [1.165, 1.54) is 0 Å². The fourth-order valence-corrected chi connectivity index (χ4v) is 3.26. The van der Waals surface area contributed by atoms with E-state index in [9.17, 15) is 4.79 Å². The number of piperidine rings is 1. The van der Waals surface area contributed by atoms with Gasteiger partial charge in [-0.1, -0.05) is 35.0 Å². The van der Waals surface area contributed by atoms with Crippen LogP contribution in [0.5, 0.6) is 0 Å². The van der Waals surface area contributed by atoms with E-state index in [2.05, 4.69) is 33.1 Å². The summed E-state index contributed by atoms with van der Waals surface area (Å²) in [6.45, 7) is 7.35. The predicted molar refractivity (Wildman–Crippen MR) is 93.5 cm³/mol. The van der Waals surface area contributed by atoms with Crippen LogP contribution < -0.4 is 11.1 Å². The molecule has 1 fully saturated rings. The quantitative estimate of drug-likeness (QED) is 0.840. The SMILES string of the molecule is CC(NC(=O)CN1CCC(C)C(CN)C1)c1ccc(Br)cc1. The molecule has 4 nitrogen and oxygen atoms in total. The van der Waals surface area contributed by atoms with Crippen LogP contribution in [0.25, 0.3) is 0 Å². The Labute approximate surface area is 141 Å². The molecule has 1 heterocycles. The largest absolute Gasteiger partial charge is 0.348 e. The Morgan fingerprint density at radius 2 is 2.14 bits per heavy atom. The number of halogens is 1. The minimum absolute atomic E-state index is 0.0228. The number of rotatable bonds is 5. The van der Waals surface area contributed by atoms with Gasteiger partial charge in [0, 0.05) is 11.0 Å². The normalized spacial score (nSPS) is 24.0. The van der Waals surface area contributed by atoms with Crippen LogP contribution in [0.2, 0.25) is 0 Å². The van der Waals surface area contributed by atoms with Crippen LogP contribution >= 0.6 is 15.9 Å². The standard InChI is InChI=1S/C17H26BrN3O/c1-12-7-8-21(10-15(12)9-19)11-17(22)20-13(2)14-3-5-16(18)6-4-14/h3-6,12-13,15H,7-11,19H2,1-2H3,(H,20,22). The first-order chi connectivity index (χ1) is 10.5. The molecule has 1 aliphatic heterocycles. The average molecular weight is 368 g/mol. The van der Waals surface area contributed by atoms with Crippen LogP contribution in [-0.4, -0.2) is 37.0 Å². The van der Waals surface area contributed by atoms with E-state index in [1.807, 2.05) is 31.2 Å². The lowest BCUT2D eigenvalue weighted by molar-refractivity contribution is -0.123. The van der Waals surface area contributed by atoms with Crippen LogP contribution in [0.1, 0.15) is 31.9 Å². The van der Waals surface area contributed by atoms with Crippen molar-refractivity contribution in [2.75, 3.05) is 26.2 Å². The zero-order chi connectivity index (χ0) is 16.1. The summed E-state index contributed by atoms with van der Waals surface area (Å²) < 4.78 is 1.05. The first kappa shape index (κ1) is 17.4. The third kappa shape index (κ3) is 4.80. The van der Waals surface area contributed by atoms with Crippen molar-refractivity contribution in [3.05, 3.63) is 34.3 Å². The summed E-state index contributed by atoms with van der Waals surface area (Å²) in [5, 5.41) is 3.08. The number of nitrogens with two attached hydrogens (primary N) is 1. The molecule has 1 aromatic carbocycles. The van der Waals surface area contributed by atoms with Gasteiger partial charge in [-0.05, 0) is 56.0 Å². The van der Waals surface area contributed by atoms with Gasteiger partial charge in [-0.3, -0.25) is 9.69 Å². The fraction of sp³-hybridized carbons (Fsp3) is 0.588. The average Bonchev–Trinajstić information content (AvgIpc) is 2.49. The fourth-order valence-electron chi connectivity index (χ4n) is 3.00. The molecule has 22 heavy (non-hydrogen) atoms. The molecule has 0 saturated carbocycles. The number of hydrogen-bond donors (Lipinski definition) is 2. The van der Waals surface area contributed by atoms with Crippen molar-refractivity contribution in [2.45, 2.75) is 26.3 Å². The molecule has 1 saturated heterocycles. The van der Waals surface area contributed by atoms with Crippen molar-refractivity contribution in [3.63, 3.8) is 0 Å². The maximum atomic E-state index is 12.2. The molecule has 5 heteroatoms. The first-order valence-corrected chi connectivity index (χ1v) is 8.76. The molecule has 0 spiro atoms. The van der Waals surface area contributed by atoms with Crippen molar-refractivity contribution in [3.8, 4) is 0 Å². The number of hydrogen-bond acceptors (Lipinski definition) is 3. The summed E-state index contributed by atoms with van der Waals surface area (Å²) in [6, 6.07) is 8.07. The monoisotopic (exact) mass is 367 g/mol. The van der Waals surface area contributed by atoms with Gasteiger partial charge in [0.25, 0.3) is 0 Å². The Balaban J connectivity index is 1.83. The number of nitrogens with one attached hydrogen (secondary N) is 1. The number of amides is 1. The highest BCUT2D eigenvalue weighted by Crippen LogP contribution is 2.22. The van der Waals surface area contributed by atoms with Crippen molar-refractivity contribution in [1.82, 2.24) is 10.2 Å². The number of carbonyl (C=O) groups is 1. The van der Waals surface area contributed by atoms with Gasteiger partial charge in [-0.2, -0.15) is 0 Å². The highest BCUT2D eigenvalue weighted by Gasteiger charge is 2.26. The zero-order valence-electron chi connectivity index (χ0n) is 13.4. The van der Waals surface area contributed by atoms with E-state index in [-0.39, 0.29) is 11.9 Å². The Bertz CT molecular complexity index is 491. The van der Waals surface area contributed by atoms with E-state index in [0.717, 1.165) is 29.5 Å². The second-order valence-electron chi connectivity index (χ2n) is 6.34. The molecule has 1 amide bonds. The minimum Gasteiger partial charge on any atom is -0.348 e. The number of nitrogens with zero attached hydrogens (tertiary/aromatic N) is 1. The molecule has 1 aliphatic rings. The van der Waals surface area contributed by atoms with Gasteiger partial charge in [0.05, 0.1) is 12.6 Å². The molecule has 0 radical (unpaired) electrons. The molecule has 0 bridgehead atoms. The summed E-state index contributed by atoms with van der Waals surface area (Å²) in [5.74, 6) is 1.25. The van der Waals surface area contributed by atoms with Crippen molar-refractivity contribution in [2.24, 2.45) is 17.6 Å². The lowest BCUT2D eigenvalue weighted by atomic mass is 9.87. The lowest BCUT2D eigenvalue weighted by Gasteiger charge is -2.36. The molecule has 3 N–H and O–H groups in total. The van der Waals surface area contributed by atoms with E-state index in [0.29, 0.717) is 24.9 Å². The predicted octanol–water partition coefficient (Wildman–Crippen LogP) is 2.54. The molecular formula is C17H26BrN3O. The minimum atomic E-state index is 0.0228. The summed E-state index contributed by atoms with van der Waals surface area (Å²) in [4.78, 5) is 14.5. The van der Waals surface area contributed by atoms with Gasteiger partial charge in [0.15, 0.2) is 0 Å². The molecule has 122 valence electrons. The highest BCUT2D eigenvalue weighted by atomic mass is 79.9. The van der Waals surface area contributed by atoms with Crippen LogP contribution in [0.15, 0.2) is 28.7 Å². The Hall–Kier alpha value is -0.910. The van der Waals surface area contributed by atoms with Crippen LogP contribution in [0.4, 0.5) is 0 Å². The maximum Gasteiger partial charge on any atom is 0.234 e. The zero-order valence-corrected chi connectivity index (χ0v) is 15.0.